The maximum Gasteiger partial charge on any atom is 0.131 e. The number of benzene rings is 4. The smallest absolute Gasteiger partial charge is 0.131 e. The zero-order valence-electron chi connectivity index (χ0n) is 23.9. The van der Waals surface area contributed by atoms with Crippen LogP contribution >= 0.6 is 0 Å². The van der Waals surface area contributed by atoms with Gasteiger partial charge in [0.1, 0.15) is 23.0 Å². The van der Waals surface area contributed by atoms with E-state index in [1.807, 2.05) is 62.4 Å². The number of methoxy groups -OCH3 is 1. The lowest BCUT2D eigenvalue weighted by Crippen LogP contribution is -2.36. The number of hydrogen-bond donors (Lipinski definition) is 0. The first-order valence-corrected chi connectivity index (χ1v) is 13.7. The monoisotopic (exact) mass is 522 g/mol. The highest BCUT2D eigenvalue weighted by atomic mass is 16.5. The lowest BCUT2D eigenvalue weighted by Gasteiger charge is -2.44. The van der Waals surface area contributed by atoms with E-state index in [0.29, 0.717) is 0 Å². The van der Waals surface area contributed by atoms with Crippen molar-refractivity contribution in [3.8, 4) is 34.1 Å². The molecule has 0 saturated carbocycles. The molecule has 4 aromatic rings. The molecule has 4 aromatic carbocycles. The van der Waals surface area contributed by atoms with Crippen molar-refractivity contribution in [1.29, 1.82) is 0 Å². The molecule has 1 heterocycles. The van der Waals surface area contributed by atoms with Gasteiger partial charge in [0.2, 0.25) is 0 Å². The highest BCUT2D eigenvalue weighted by molar-refractivity contribution is 5.96. The standard InChI is InChI=1S/C34H38N2O3/c1-22(2)35-29-19-17-27(39-26-12-9-8-10-13-26)21-31(29)36(23(3)4)28-18-16-25(20-30(28)35)34-32(37-7)14-11-15-33(34)38-24(5)6/h8-24H,1-7H3. The van der Waals surface area contributed by atoms with Crippen LogP contribution in [-0.2, 0) is 0 Å². The fourth-order valence-corrected chi connectivity index (χ4v) is 5.35. The van der Waals surface area contributed by atoms with Crippen molar-refractivity contribution in [2.45, 2.75) is 59.7 Å². The minimum Gasteiger partial charge on any atom is -0.496 e. The van der Waals surface area contributed by atoms with E-state index in [4.69, 9.17) is 14.2 Å². The molecule has 5 nitrogen and oxygen atoms in total. The molecule has 0 unspecified atom stereocenters. The summed E-state index contributed by atoms with van der Waals surface area (Å²) in [6.45, 7) is 13.0. The lowest BCUT2D eigenvalue weighted by molar-refractivity contribution is 0.242. The summed E-state index contributed by atoms with van der Waals surface area (Å²) in [5, 5.41) is 0. The number of ether oxygens (including phenoxy) is 3. The molecule has 0 radical (unpaired) electrons. The lowest BCUT2D eigenvalue weighted by atomic mass is 9.97. The third kappa shape index (κ3) is 5.14. The van der Waals surface area contributed by atoms with Gasteiger partial charge in [0.05, 0.1) is 41.5 Å². The van der Waals surface area contributed by atoms with Gasteiger partial charge < -0.3 is 24.0 Å². The Balaban J connectivity index is 1.65. The van der Waals surface area contributed by atoms with Crippen LogP contribution in [0.3, 0.4) is 0 Å². The van der Waals surface area contributed by atoms with Crippen molar-refractivity contribution in [2.24, 2.45) is 0 Å². The fraction of sp³-hybridized carbons (Fsp3) is 0.294. The van der Waals surface area contributed by atoms with Gasteiger partial charge in [-0.2, -0.15) is 0 Å². The largest absolute Gasteiger partial charge is 0.496 e. The molecule has 0 aromatic heterocycles. The molecule has 5 heteroatoms. The van der Waals surface area contributed by atoms with Crippen molar-refractivity contribution in [2.75, 3.05) is 16.9 Å². The average Bonchev–Trinajstić information content (AvgIpc) is 2.91. The van der Waals surface area contributed by atoms with E-state index in [2.05, 4.69) is 73.9 Å². The predicted molar refractivity (Wildman–Crippen MR) is 162 cm³/mol. The molecule has 0 N–H and O–H groups in total. The molecular formula is C34H38N2O3. The first-order valence-electron chi connectivity index (χ1n) is 13.7. The summed E-state index contributed by atoms with van der Waals surface area (Å²) in [6.07, 6.45) is 0.0521. The summed E-state index contributed by atoms with van der Waals surface area (Å²) >= 11 is 0. The molecule has 0 spiro atoms. The SMILES string of the molecule is COc1cccc(OC(C)C)c1-c1ccc2c(c1)N(C(C)C)c1ccc(Oc3ccccc3)cc1N2C(C)C. The number of hydrogen-bond acceptors (Lipinski definition) is 5. The van der Waals surface area contributed by atoms with Crippen LogP contribution in [0.1, 0.15) is 41.5 Å². The van der Waals surface area contributed by atoms with E-state index >= 15 is 0 Å². The predicted octanol–water partition coefficient (Wildman–Crippen LogP) is 9.35. The maximum atomic E-state index is 6.23. The van der Waals surface area contributed by atoms with Crippen molar-refractivity contribution in [1.82, 2.24) is 0 Å². The Labute approximate surface area is 232 Å². The number of rotatable bonds is 8. The van der Waals surface area contributed by atoms with Crippen LogP contribution in [0.4, 0.5) is 22.7 Å². The fourth-order valence-electron chi connectivity index (χ4n) is 5.35. The van der Waals surface area contributed by atoms with Crippen LogP contribution in [0.25, 0.3) is 11.1 Å². The van der Waals surface area contributed by atoms with Gasteiger partial charge in [0.15, 0.2) is 0 Å². The molecule has 0 saturated heterocycles. The minimum absolute atomic E-state index is 0.0521. The van der Waals surface area contributed by atoms with Crippen LogP contribution in [0, 0.1) is 0 Å². The van der Waals surface area contributed by atoms with Gasteiger partial charge in [-0.3, -0.25) is 0 Å². The second-order valence-corrected chi connectivity index (χ2v) is 10.7. The Bertz CT molecular complexity index is 1450. The molecule has 1 aliphatic rings. The molecule has 1 aliphatic heterocycles. The van der Waals surface area contributed by atoms with Crippen LogP contribution in [0.15, 0.2) is 84.9 Å². The normalized spacial score (nSPS) is 12.6. The van der Waals surface area contributed by atoms with Crippen molar-refractivity contribution >= 4 is 22.7 Å². The maximum absolute atomic E-state index is 6.23. The van der Waals surface area contributed by atoms with Crippen LogP contribution in [-0.4, -0.2) is 25.3 Å². The molecule has 0 amide bonds. The third-order valence-corrected chi connectivity index (χ3v) is 6.83. The zero-order valence-corrected chi connectivity index (χ0v) is 23.9. The highest BCUT2D eigenvalue weighted by Crippen LogP contribution is 2.53. The minimum atomic E-state index is 0.0521. The van der Waals surface area contributed by atoms with E-state index in [0.717, 1.165) is 56.9 Å². The van der Waals surface area contributed by atoms with Crippen molar-refractivity contribution < 1.29 is 14.2 Å². The summed E-state index contributed by atoms with van der Waals surface area (Å²) in [7, 11) is 1.71. The molecule has 0 aliphatic carbocycles. The topological polar surface area (TPSA) is 34.2 Å². The summed E-state index contributed by atoms with van der Waals surface area (Å²) in [5.41, 5.74) is 6.63. The van der Waals surface area contributed by atoms with Gasteiger partial charge in [-0.1, -0.05) is 30.3 Å². The first-order chi connectivity index (χ1) is 18.8. The van der Waals surface area contributed by atoms with Crippen LogP contribution < -0.4 is 24.0 Å². The van der Waals surface area contributed by atoms with E-state index in [1.54, 1.807) is 7.11 Å². The third-order valence-electron chi connectivity index (χ3n) is 6.83. The second-order valence-electron chi connectivity index (χ2n) is 10.7. The summed E-state index contributed by atoms with van der Waals surface area (Å²) in [5.74, 6) is 3.26. The number of para-hydroxylation sites is 1. The average molecular weight is 523 g/mol. The quantitative estimate of drug-likeness (QED) is 0.230. The molecule has 202 valence electrons. The van der Waals surface area contributed by atoms with Crippen molar-refractivity contribution in [3.63, 3.8) is 0 Å². The Hall–Kier alpha value is -4.12. The van der Waals surface area contributed by atoms with E-state index in [9.17, 15) is 0 Å². The number of fused-ring (bicyclic) bond motifs is 2. The number of nitrogens with zero attached hydrogens (tertiary/aromatic N) is 2. The van der Waals surface area contributed by atoms with E-state index in [1.165, 1.54) is 0 Å². The molecule has 0 fully saturated rings. The van der Waals surface area contributed by atoms with Crippen LogP contribution in [0.5, 0.6) is 23.0 Å². The Morgan fingerprint density at radius 2 is 1.18 bits per heavy atom. The van der Waals surface area contributed by atoms with E-state index in [-0.39, 0.29) is 18.2 Å². The molecule has 0 atom stereocenters. The van der Waals surface area contributed by atoms with Crippen LogP contribution in [0.2, 0.25) is 0 Å². The Kier molecular flexibility index (Phi) is 7.42. The Morgan fingerprint density at radius 1 is 0.564 bits per heavy atom. The second kappa shape index (κ2) is 10.9. The highest BCUT2D eigenvalue weighted by Gasteiger charge is 2.32. The zero-order chi connectivity index (χ0) is 27.7. The summed E-state index contributed by atoms with van der Waals surface area (Å²) in [6, 6.07) is 29.4. The molecular weight excluding hydrogens is 484 g/mol. The van der Waals surface area contributed by atoms with Gasteiger partial charge in [-0.15, -0.1) is 0 Å². The van der Waals surface area contributed by atoms with Gasteiger partial charge >= 0.3 is 0 Å². The summed E-state index contributed by atoms with van der Waals surface area (Å²) in [4.78, 5) is 4.82. The van der Waals surface area contributed by atoms with Crippen molar-refractivity contribution in [3.05, 3.63) is 84.9 Å². The molecule has 0 bridgehead atoms. The van der Waals surface area contributed by atoms with Gasteiger partial charge in [-0.25, -0.2) is 0 Å². The van der Waals surface area contributed by atoms with Gasteiger partial charge in [-0.05, 0) is 95.6 Å². The molecule has 39 heavy (non-hydrogen) atoms. The summed E-state index contributed by atoms with van der Waals surface area (Å²) < 4.78 is 18.3. The van der Waals surface area contributed by atoms with Gasteiger partial charge in [0.25, 0.3) is 0 Å². The Morgan fingerprint density at radius 3 is 1.79 bits per heavy atom. The van der Waals surface area contributed by atoms with Gasteiger partial charge in [0, 0.05) is 18.2 Å². The number of anilines is 4. The van der Waals surface area contributed by atoms with E-state index < -0.39 is 0 Å². The molecule has 5 rings (SSSR count). The first kappa shape index (κ1) is 26.5.